The second kappa shape index (κ2) is 9.44. The van der Waals surface area contributed by atoms with E-state index in [0.29, 0.717) is 6.54 Å². The summed E-state index contributed by atoms with van der Waals surface area (Å²) >= 11 is 1.61. The number of carbonyl (C=O) groups excluding carboxylic acids is 1. The fourth-order valence-electron chi connectivity index (χ4n) is 0.927. The lowest BCUT2D eigenvalue weighted by atomic mass is 10.2. The molecule has 0 rings (SSSR count). The molecule has 0 aliphatic heterocycles. The number of amides is 1. The SMILES string of the molecule is NC(CC(=O)O)C(=O)NCCSCCCO. The lowest BCUT2D eigenvalue weighted by Gasteiger charge is -2.09. The van der Waals surface area contributed by atoms with Gasteiger partial charge in [0.1, 0.15) is 0 Å². The number of hydrogen-bond acceptors (Lipinski definition) is 5. The first-order chi connectivity index (χ1) is 7.57. The number of carbonyl (C=O) groups is 2. The van der Waals surface area contributed by atoms with Crippen molar-refractivity contribution >= 4 is 23.6 Å². The van der Waals surface area contributed by atoms with Gasteiger partial charge in [0.05, 0.1) is 12.5 Å². The highest BCUT2D eigenvalue weighted by Gasteiger charge is 2.15. The summed E-state index contributed by atoms with van der Waals surface area (Å²) in [4.78, 5) is 21.5. The normalized spacial score (nSPS) is 12.1. The Balaban J connectivity index is 3.46. The Morgan fingerprint density at radius 1 is 1.38 bits per heavy atom. The van der Waals surface area contributed by atoms with Crippen molar-refractivity contribution in [3.05, 3.63) is 0 Å². The van der Waals surface area contributed by atoms with Gasteiger partial charge in [0.25, 0.3) is 0 Å². The Morgan fingerprint density at radius 3 is 2.62 bits per heavy atom. The van der Waals surface area contributed by atoms with Crippen LogP contribution in [0.3, 0.4) is 0 Å². The quantitative estimate of drug-likeness (QED) is 0.391. The molecule has 0 fully saturated rings. The largest absolute Gasteiger partial charge is 0.481 e. The van der Waals surface area contributed by atoms with Gasteiger partial charge in [-0.05, 0) is 12.2 Å². The standard InChI is InChI=1S/C9H18N2O4S/c10-7(6-8(13)14)9(15)11-2-5-16-4-1-3-12/h7,12H,1-6,10H2,(H,11,15)(H,13,14). The van der Waals surface area contributed by atoms with E-state index in [1.54, 1.807) is 11.8 Å². The van der Waals surface area contributed by atoms with Gasteiger partial charge in [-0.3, -0.25) is 9.59 Å². The van der Waals surface area contributed by atoms with Crippen LogP contribution in [0.2, 0.25) is 0 Å². The van der Waals surface area contributed by atoms with E-state index in [9.17, 15) is 9.59 Å². The second-order valence-electron chi connectivity index (χ2n) is 3.18. The summed E-state index contributed by atoms with van der Waals surface area (Å²) in [6, 6.07) is -0.986. The summed E-state index contributed by atoms with van der Waals surface area (Å²) in [5.74, 6) is 0.0455. The molecule has 0 radical (unpaired) electrons. The van der Waals surface area contributed by atoms with E-state index in [2.05, 4.69) is 5.32 Å². The van der Waals surface area contributed by atoms with Gasteiger partial charge in [-0.2, -0.15) is 11.8 Å². The fourth-order valence-corrected chi connectivity index (χ4v) is 1.71. The predicted molar refractivity (Wildman–Crippen MR) is 62.3 cm³/mol. The molecule has 1 atom stereocenters. The number of carboxylic acid groups (broad SMARTS) is 1. The molecule has 7 heteroatoms. The van der Waals surface area contributed by atoms with Gasteiger partial charge in [-0.15, -0.1) is 0 Å². The average molecular weight is 250 g/mol. The highest BCUT2D eigenvalue weighted by Crippen LogP contribution is 2.00. The number of carboxylic acids is 1. The third kappa shape index (κ3) is 8.51. The molecule has 16 heavy (non-hydrogen) atoms. The van der Waals surface area contributed by atoms with Crippen LogP contribution in [-0.2, 0) is 9.59 Å². The van der Waals surface area contributed by atoms with E-state index in [4.69, 9.17) is 15.9 Å². The molecule has 94 valence electrons. The molecule has 0 spiro atoms. The minimum absolute atomic E-state index is 0.169. The Labute approximate surface area is 98.6 Å². The first-order valence-electron chi connectivity index (χ1n) is 5.01. The molecule has 6 nitrogen and oxygen atoms in total. The zero-order chi connectivity index (χ0) is 12.4. The van der Waals surface area contributed by atoms with Crippen molar-refractivity contribution in [3.8, 4) is 0 Å². The summed E-state index contributed by atoms with van der Waals surface area (Å²) in [6.45, 7) is 0.630. The van der Waals surface area contributed by atoms with E-state index >= 15 is 0 Å². The molecule has 0 saturated carbocycles. The summed E-state index contributed by atoms with van der Waals surface area (Å²) in [7, 11) is 0. The minimum Gasteiger partial charge on any atom is -0.481 e. The first-order valence-corrected chi connectivity index (χ1v) is 6.17. The predicted octanol–water partition coefficient (Wildman–Crippen LogP) is -0.980. The van der Waals surface area contributed by atoms with Crippen LogP contribution in [0, 0.1) is 0 Å². The van der Waals surface area contributed by atoms with Crippen molar-refractivity contribution in [2.24, 2.45) is 5.73 Å². The maximum absolute atomic E-state index is 11.2. The van der Waals surface area contributed by atoms with Gasteiger partial charge >= 0.3 is 5.97 Å². The molecule has 0 aliphatic rings. The third-order valence-corrected chi connectivity index (χ3v) is 2.79. The zero-order valence-corrected chi connectivity index (χ0v) is 9.83. The van der Waals surface area contributed by atoms with E-state index in [0.717, 1.165) is 17.9 Å². The summed E-state index contributed by atoms with van der Waals surface area (Å²) in [5.41, 5.74) is 5.35. The second-order valence-corrected chi connectivity index (χ2v) is 4.41. The maximum Gasteiger partial charge on any atom is 0.305 e. The third-order valence-electron chi connectivity index (χ3n) is 1.72. The lowest BCUT2D eigenvalue weighted by molar-refractivity contribution is -0.139. The van der Waals surface area contributed by atoms with Crippen LogP contribution in [0.1, 0.15) is 12.8 Å². The topological polar surface area (TPSA) is 113 Å². The van der Waals surface area contributed by atoms with E-state index < -0.39 is 17.9 Å². The molecule has 0 aromatic carbocycles. The van der Waals surface area contributed by atoms with Gasteiger partial charge in [0.15, 0.2) is 0 Å². The molecule has 0 aromatic heterocycles. The number of aliphatic hydroxyl groups is 1. The Kier molecular flexibility index (Phi) is 8.97. The first kappa shape index (κ1) is 15.2. The summed E-state index contributed by atoms with van der Waals surface area (Å²) in [5, 5.41) is 19.5. The number of nitrogens with two attached hydrogens (primary N) is 1. The maximum atomic E-state index is 11.2. The van der Waals surface area contributed by atoms with Crippen molar-refractivity contribution in [1.82, 2.24) is 5.32 Å². The number of nitrogens with one attached hydrogen (secondary N) is 1. The minimum atomic E-state index is -1.08. The zero-order valence-electron chi connectivity index (χ0n) is 9.02. The molecule has 1 amide bonds. The van der Waals surface area contributed by atoms with Crippen molar-refractivity contribution in [3.63, 3.8) is 0 Å². The van der Waals surface area contributed by atoms with Crippen LogP contribution in [-0.4, -0.2) is 52.8 Å². The van der Waals surface area contributed by atoms with Crippen LogP contribution >= 0.6 is 11.8 Å². The fraction of sp³-hybridized carbons (Fsp3) is 0.778. The molecule has 1 unspecified atom stereocenters. The van der Waals surface area contributed by atoms with E-state index in [1.807, 2.05) is 0 Å². The Hall–Kier alpha value is -0.790. The summed E-state index contributed by atoms with van der Waals surface area (Å²) in [6.07, 6.45) is 0.376. The molecule has 0 aliphatic carbocycles. The number of rotatable bonds is 9. The highest BCUT2D eigenvalue weighted by atomic mass is 32.2. The Bertz CT molecular complexity index is 226. The van der Waals surface area contributed by atoms with Crippen LogP contribution in [0.25, 0.3) is 0 Å². The monoisotopic (exact) mass is 250 g/mol. The summed E-state index contributed by atoms with van der Waals surface area (Å²) < 4.78 is 0. The van der Waals surface area contributed by atoms with E-state index in [-0.39, 0.29) is 13.0 Å². The van der Waals surface area contributed by atoms with Crippen LogP contribution in [0.15, 0.2) is 0 Å². The highest BCUT2D eigenvalue weighted by molar-refractivity contribution is 7.99. The molecule has 5 N–H and O–H groups in total. The molecule has 0 bridgehead atoms. The van der Waals surface area contributed by atoms with Crippen LogP contribution in [0.4, 0.5) is 0 Å². The van der Waals surface area contributed by atoms with Gasteiger partial charge in [-0.25, -0.2) is 0 Å². The Morgan fingerprint density at radius 2 is 2.06 bits per heavy atom. The lowest BCUT2D eigenvalue weighted by Crippen LogP contribution is -2.42. The van der Waals surface area contributed by atoms with Gasteiger partial charge < -0.3 is 21.3 Å². The van der Waals surface area contributed by atoms with Crippen molar-refractivity contribution in [1.29, 1.82) is 0 Å². The number of aliphatic carboxylic acids is 1. The van der Waals surface area contributed by atoms with Crippen molar-refractivity contribution in [2.45, 2.75) is 18.9 Å². The number of aliphatic hydroxyl groups excluding tert-OH is 1. The van der Waals surface area contributed by atoms with Gasteiger partial charge in [0, 0.05) is 18.9 Å². The molecular weight excluding hydrogens is 232 g/mol. The van der Waals surface area contributed by atoms with Gasteiger partial charge in [0.2, 0.25) is 5.91 Å². The molecule has 0 aromatic rings. The van der Waals surface area contributed by atoms with E-state index in [1.165, 1.54) is 0 Å². The number of thioether (sulfide) groups is 1. The average Bonchev–Trinajstić information content (AvgIpc) is 2.21. The molecule has 0 saturated heterocycles. The smallest absolute Gasteiger partial charge is 0.305 e. The molecule has 0 heterocycles. The van der Waals surface area contributed by atoms with Crippen molar-refractivity contribution in [2.75, 3.05) is 24.7 Å². The van der Waals surface area contributed by atoms with Crippen LogP contribution in [0.5, 0.6) is 0 Å². The van der Waals surface area contributed by atoms with Crippen LogP contribution < -0.4 is 11.1 Å². The van der Waals surface area contributed by atoms with Gasteiger partial charge in [-0.1, -0.05) is 0 Å². The number of hydrogen-bond donors (Lipinski definition) is 4. The molecular formula is C9H18N2O4S. The van der Waals surface area contributed by atoms with Crippen molar-refractivity contribution < 1.29 is 19.8 Å².